The first kappa shape index (κ1) is 16.2. The quantitative estimate of drug-likeness (QED) is 0.811. The van der Waals surface area contributed by atoms with Crippen LogP contribution in [0.5, 0.6) is 0 Å². The average Bonchev–Trinajstić information content (AvgIpc) is 2.69. The highest BCUT2D eigenvalue weighted by Crippen LogP contribution is 2.19. The van der Waals surface area contributed by atoms with Gasteiger partial charge in [0.2, 0.25) is 0 Å². The van der Waals surface area contributed by atoms with Gasteiger partial charge in [-0.1, -0.05) is 13.8 Å². The summed E-state index contributed by atoms with van der Waals surface area (Å²) in [6.07, 6.45) is 7.26. The molecule has 0 amide bonds. The summed E-state index contributed by atoms with van der Waals surface area (Å²) in [6, 6.07) is 0.533. The molecule has 5 heteroatoms. The lowest BCUT2D eigenvalue weighted by atomic mass is 10.2. The Morgan fingerprint density at radius 3 is 2.90 bits per heavy atom. The standard InChI is InChI=1S/C16H29N5/c1-4-7-17-10-14-11-18-12-16(19-14)21-9-6-8-20(3)13-15(21)5-2/h11-12,15,17H,4-10,13H2,1-3H3. The lowest BCUT2D eigenvalue weighted by Gasteiger charge is -2.31. The lowest BCUT2D eigenvalue weighted by Crippen LogP contribution is -2.40. The number of likely N-dealkylation sites (N-methyl/N-ethyl adjacent to an activating group) is 1. The molecule has 1 N–H and O–H groups in total. The Morgan fingerprint density at radius 2 is 2.14 bits per heavy atom. The molecule has 0 aromatic carbocycles. The van der Waals surface area contributed by atoms with Crippen LogP contribution in [0.3, 0.4) is 0 Å². The van der Waals surface area contributed by atoms with Crippen LogP contribution >= 0.6 is 0 Å². The third-order valence-corrected chi connectivity index (χ3v) is 4.07. The fraction of sp³-hybridized carbons (Fsp3) is 0.750. The van der Waals surface area contributed by atoms with Gasteiger partial charge in [0, 0.05) is 31.9 Å². The molecule has 1 atom stereocenters. The number of aromatic nitrogens is 2. The fourth-order valence-corrected chi connectivity index (χ4v) is 2.91. The van der Waals surface area contributed by atoms with Crippen molar-refractivity contribution in [3.63, 3.8) is 0 Å². The fourth-order valence-electron chi connectivity index (χ4n) is 2.91. The van der Waals surface area contributed by atoms with E-state index in [1.807, 2.05) is 12.4 Å². The smallest absolute Gasteiger partial charge is 0.147 e. The SMILES string of the molecule is CCCNCc1cncc(N2CCCN(C)CC2CC)n1. The number of hydrogen-bond donors (Lipinski definition) is 1. The van der Waals surface area contributed by atoms with Crippen molar-refractivity contribution in [1.29, 1.82) is 0 Å². The summed E-state index contributed by atoms with van der Waals surface area (Å²) in [4.78, 5) is 14.1. The summed E-state index contributed by atoms with van der Waals surface area (Å²) in [5, 5.41) is 3.40. The van der Waals surface area contributed by atoms with Crippen molar-refractivity contribution in [2.75, 3.05) is 38.1 Å². The Morgan fingerprint density at radius 1 is 1.29 bits per heavy atom. The van der Waals surface area contributed by atoms with Crippen LogP contribution in [0.15, 0.2) is 12.4 Å². The van der Waals surface area contributed by atoms with Crippen LogP contribution in [0, 0.1) is 0 Å². The van der Waals surface area contributed by atoms with Gasteiger partial charge in [-0.15, -0.1) is 0 Å². The molecule has 0 saturated carbocycles. The van der Waals surface area contributed by atoms with Crippen LogP contribution in [0.2, 0.25) is 0 Å². The highest BCUT2D eigenvalue weighted by atomic mass is 15.3. The highest BCUT2D eigenvalue weighted by molar-refractivity contribution is 5.38. The molecule has 1 fully saturated rings. The molecule has 1 aromatic heterocycles. The van der Waals surface area contributed by atoms with Crippen LogP contribution in [-0.4, -0.2) is 54.1 Å². The van der Waals surface area contributed by atoms with Gasteiger partial charge in [0.1, 0.15) is 5.82 Å². The van der Waals surface area contributed by atoms with Crippen molar-refractivity contribution in [1.82, 2.24) is 20.2 Å². The zero-order valence-electron chi connectivity index (χ0n) is 13.7. The van der Waals surface area contributed by atoms with E-state index in [9.17, 15) is 0 Å². The molecule has 118 valence electrons. The normalized spacial score (nSPS) is 20.5. The van der Waals surface area contributed by atoms with Gasteiger partial charge in [0.25, 0.3) is 0 Å². The van der Waals surface area contributed by atoms with Crippen molar-refractivity contribution in [2.24, 2.45) is 0 Å². The number of nitrogens with zero attached hydrogens (tertiary/aromatic N) is 4. The highest BCUT2D eigenvalue weighted by Gasteiger charge is 2.23. The average molecular weight is 291 g/mol. The molecule has 0 bridgehead atoms. The maximum absolute atomic E-state index is 4.82. The second kappa shape index (κ2) is 8.29. The van der Waals surface area contributed by atoms with Gasteiger partial charge in [-0.3, -0.25) is 4.98 Å². The maximum atomic E-state index is 4.82. The molecule has 2 rings (SSSR count). The van der Waals surface area contributed by atoms with Crippen LogP contribution in [0.4, 0.5) is 5.82 Å². The summed E-state index contributed by atoms with van der Waals surface area (Å²) in [6.45, 7) is 9.61. The van der Waals surface area contributed by atoms with Crippen LogP contribution in [0.1, 0.15) is 38.8 Å². The Kier molecular flexibility index (Phi) is 6.39. The van der Waals surface area contributed by atoms with Crippen LogP contribution < -0.4 is 10.2 Å². The van der Waals surface area contributed by atoms with Gasteiger partial charge in [-0.05, 0) is 39.4 Å². The van der Waals surface area contributed by atoms with E-state index in [4.69, 9.17) is 4.98 Å². The molecule has 1 unspecified atom stereocenters. The van der Waals surface area contributed by atoms with E-state index in [-0.39, 0.29) is 0 Å². The molecular weight excluding hydrogens is 262 g/mol. The molecular formula is C16H29N5. The van der Waals surface area contributed by atoms with E-state index in [0.717, 1.165) is 57.1 Å². The molecule has 5 nitrogen and oxygen atoms in total. The number of anilines is 1. The van der Waals surface area contributed by atoms with Gasteiger partial charge in [-0.2, -0.15) is 0 Å². The van der Waals surface area contributed by atoms with Crippen molar-refractivity contribution in [2.45, 2.75) is 45.7 Å². The summed E-state index contributed by atoms with van der Waals surface area (Å²) in [5.74, 6) is 1.04. The minimum Gasteiger partial charge on any atom is -0.351 e. The van der Waals surface area contributed by atoms with Crippen molar-refractivity contribution in [3.8, 4) is 0 Å². The van der Waals surface area contributed by atoms with E-state index in [0.29, 0.717) is 6.04 Å². The summed E-state index contributed by atoms with van der Waals surface area (Å²) >= 11 is 0. The van der Waals surface area contributed by atoms with Crippen molar-refractivity contribution < 1.29 is 0 Å². The first-order chi connectivity index (χ1) is 10.2. The predicted octanol–water partition coefficient (Wildman–Crippen LogP) is 1.90. The summed E-state index contributed by atoms with van der Waals surface area (Å²) in [7, 11) is 2.21. The molecule has 1 aliphatic rings. The third-order valence-electron chi connectivity index (χ3n) is 4.07. The Bertz CT molecular complexity index is 423. The molecule has 0 spiro atoms. The van der Waals surface area contributed by atoms with E-state index in [1.54, 1.807) is 0 Å². The van der Waals surface area contributed by atoms with E-state index in [2.05, 4.69) is 41.0 Å². The lowest BCUT2D eigenvalue weighted by molar-refractivity contribution is 0.327. The number of hydrogen-bond acceptors (Lipinski definition) is 5. The minimum absolute atomic E-state index is 0.533. The molecule has 1 aromatic rings. The third kappa shape index (κ3) is 4.64. The molecule has 21 heavy (non-hydrogen) atoms. The van der Waals surface area contributed by atoms with E-state index < -0.39 is 0 Å². The van der Waals surface area contributed by atoms with E-state index in [1.165, 1.54) is 6.42 Å². The largest absolute Gasteiger partial charge is 0.351 e. The van der Waals surface area contributed by atoms with Crippen LogP contribution in [-0.2, 0) is 6.54 Å². The molecule has 1 aliphatic heterocycles. The Labute approximate surface area is 128 Å². The zero-order valence-corrected chi connectivity index (χ0v) is 13.7. The first-order valence-corrected chi connectivity index (χ1v) is 8.21. The zero-order chi connectivity index (χ0) is 15.1. The monoisotopic (exact) mass is 291 g/mol. The minimum atomic E-state index is 0.533. The van der Waals surface area contributed by atoms with Crippen molar-refractivity contribution >= 4 is 5.82 Å². The molecule has 1 saturated heterocycles. The Balaban J connectivity index is 2.09. The topological polar surface area (TPSA) is 44.3 Å². The van der Waals surface area contributed by atoms with Gasteiger partial charge < -0.3 is 15.1 Å². The van der Waals surface area contributed by atoms with Gasteiger partial charge >= 0.3 is 0 Å². The van der Waals surface area contributed by atoms with Gasteiger partial charge in [0.15, 0.2) is 0 Å². The molecule has 0 aliphatic carbocycles. The maximum Gasteiger partial charge on any atom is 0.147 e. The van der Waals surface area contributed by atoms with Gasteiger partial charge in [0.05, 0.1) is 11.9 Å². The Hall–Kier alpha value is -1.20. The summed E-state index contributed by atoms with van der Waals surface area (Å²) < 4.78 is 0. The second-order valence-corrected chi connectivity index (χ2v) is 5.92. The number of nitrogens with one attached hydrogen (secondary N) is 1. The first-order valence-electron chi connectivity index (χ1n) is 8.21. The molecule has 2 heterocycles. The molecule has 0 radical (unpaired) electrons. The number of rotatable bonds is 6. The summed E-state index contributed by atoms with van der Waals surface area (Å²) in [5.41, 5.74) is 1.04. The van der Waals surface area contributed by atoms with Crippen LogP contribution in [0.25, 0.3) is 0 Å². The van der Waals surface area contributed by atoms with Gasteiger partial charge in [-0.25, -0.2) is 4.98 Å². The van der Waals surface area contributed by atoms with Crippen molar-refractivity contribution in [3.05, 3.63) is 18.1 Å². The predicted molar refractivity (Wildman–Crippen MR) is 87.6 cm³/mol. The van der Waals surface area contributed by atoms with E-state index >= 15 is 0 Å². The second-order valence-electron chi connectivity index (χ2n) is 5.92.